The number of benzene rings is 1. The molecule has 2 aliphatic rings. The van der Waals surface area contributed by atoms with Crippen LogP contribution >= 0.6 is 0 Å². The van der Waals surface area contributed by atoms with Gasteiger partial charge in [0.25, 0.3) is 0 Å². The Balaban J connectivity index is 1.63. The van der Waals surface area contributed by atoms with E-state index in [-0.39, 0.29) is 11.9 Å². The zero-order chi connectivity index (χ0) is 16.4. The number of fused-ring (bicyclic) bond motifs is 1. The Morgan fingerprint density at radius 1 is 1.30 bits per heavy atom. The fourth-order valence-corrected chi connectivity index (χ4v) is 3.87. The zero-order valence-electron chi connectivity index (χ0n) is 14.5. The van der Waals surface area contributed by atoms with E-state index in [4.69, 9.17) is 4.74 Å². The number of hydrogen-bond donors (Lipinski definition) is 1. The SMILES string of the molecule is Cc1cccc(C)c1NC(=O)[C@H](C)N1CC[C@@H]2OCCC[C@@H]2C1. The van der Waals surface area contributed by atoms with Crippen LogP contribution in [-0.4, -0.2) is 42.6 Å². The molecule has 2 saturated heterocycles. The molecule has 0 unspecified atom stereocenters. The van der Waals surface area contributed by atoms with Gasteiger partial charge in [0.1, 0.15) is 0 Å². The quantitative estimate of drug-likeness (QED) is 0.931. The molecule has 4 nitrogen and oxygen atoms in total. The highest BCUT2D eigenvalue weighted by molar-refractivity contribution is 5.95. The summed E-state index contributed by atoms with van der Waals surface area (Å²) < 4.78 is 5.87. The number of nitrogens with one attached hydrogen (secondary N) is 1. The van der Waals surface area contributed by atoms with Gasteiger partial charge in [-0.1, -0.05) is 18.2 Å². The first kappa shape index (κ1) is 16.5. The number of anilines is 1. The van der Waals surface area contributed by atoms with Gasteiger partial charge in [-0.2, -0.15) is 0 Å². The topological polar surface area (TPSA) is 41.6 Å². The van der Waals surface area contributed by atoms with E-state index in [1.54, 1.807) is 0 Å². The molecular formula is C19H28N2O2. The van der Waals surface area contributed by atoms with Crippen LogP contribution in [0, 0.1) is 19.8 Å². The summed E-state index contributed by atoms with van der Waals surface area (Å²) in [6.45, 7) is 8.93. The van der Waals surface area contributed by atoms with Crippen molar-refractivity contribution in [3.8, 4) is 0 Å². The van der Waals surface area contributed by atoms with Gasteiger partial charge in [0, 0.05) is 25.4 Å². The number of piperidine rings is 1. The first-order valence-electron chi connectivity index (χ1n) is 8.79. The van der Waals surface area contributed by atoms with E-state index in [0.717, 1.165) is 49.4 Å². The number of aryl methyl sites for hydroxylation is 2. The highest BCUT2D eigenvalue weighted by Gasteiger charge is 2.35. The molecular weight excluding hydrogens is 288 g/mol. The van der Waals surface area contributed by atoms with Crippen LogP contribution < -0.4 is 5.32 Å². The largest absolute Gasteiger partial charge is 0.378 e. The van der Waals surface area contributed by atoms with Crippen molar-refractivity contribution in [3.63, 3.8) is 0 Å². The summed E-state index contributed by atoms with van der Waals surface area (Å²) in [5.41, 5.74) is 3.19. The number of likely N-dealkylation sites (tertiary alicyclic amines) is 1. The highest BCUT2D eigenvalue weighted by atomic mass is 16.5. The number of para-hydroxylation sites is 1. The lowest BCUT2D eigenvalue weighted by atomic mass is 9.88. The lowest BCUT2D eigenvalue weighted by Crippen LogP contribution is -2.52. The normalized spacial score (nSPS) is 26.4. The smallest absolute Gasteiger partial charge is 0.241 e. The fraction of sp³-hybridized carbons (Fsp3) is 0.632. The van der Waals surface area contributed by atoms with Crippen LogP contribution in [0.3, 0.4) is 0 Å². The van der Waals surface area contributed by atoms with Crippen LogP contribution in [0.25, 0.3) is 0 Å². The van der Waals surface area contributed by atoms with Gasteiger partial charge >= 0.3 is 0 Å². The van der Waals surface area contributed by atoms with Gasteiger partial charge in [-0.25, -0.2) is 0 Å². The second kappa shape index (κ2) is 7.02. The molecule has 0 aliphatic carbocycles. The predicted molar refractivity (Wildman–Crippen MR) is 92.7 cm³/mol. The van der Waals surface area contributed by atoms with Crippen molar-refractivity contribution in [2.24, 2.45) is 5.92 Å². The van der Waals surface area contributed by atoms with Crippen molar-refractivity contribution < 1.29 is 9.53 Å². The molecule has 1 aromatic carbocycles. The van der Waals surface area contributed by atoms with Gasteiger partial charge < -0.3 is 10.1 Å². The summed E-state index contributed by atoms with van der Waals surface area (Å²) in [5.74, 6) is 0.686. The van der Waals surface area contributed by atoms with E-state index < -0.39 is 0 Å². The van der Waals surface area contributed by atoms with E-state index in [2.05, 4.69) is 10.2 Å². The van der Waals surface area contributed by atoms with Crippen LogP contribution in [-0.2, 0) is 9.53 Å². The molecule has 4 heteroatoms. The minimum atomic E-state index is -0.100. The van der Waals surface area contributed by atoms with E-state index in [1.807, 2.05) is 39.0 Å². The summed E-state index contributed by atoms with van der Waals surface area (Å²) >= 11 is 0. The Hall–Kier alpha value is -1.39. The lowest BCUT2D eigenvalue weighted by molar-refractivity contribution is -0.124. The van der Waals surface area contributed by atoms with Crippen LogP contribution in [0.15, 0.2) is 18.2 Å². The van der Waals surface area contributed by atoms with Gasteiger partial charge in [-0.3, -0.25) is 9.69 Å². The lowest BCUT2D eigenvalue weighted by Gasteiger charge is -2.42. The van der Waals surface area contributed by atoms with Crippen molar-refractivity contribution >= 4 is 11.6 Å². The predicted octanol–water partition coefficient (Wildman–Crippen LogP) is 3.13. The van der Waals surface area contributed by atoms with Crippen molar-refractivity contribution in [1.82, 2.24) is 4.90 Å². The second-order valence-electron chi connectivity index (χ2n) is 7.03. The van der Waals surface area contributed by atoms with Gasteiger partial charge in [0.2, 0.25) is 5.91 Å². The van der Waals surface area contributed by atoms with Gasteiger partial charge in [-0.15, -0.1) is 0 Å². The molecule has 23 heavy (non-hydrogen) atoms. The first-order chi connectivity index (χ1) is 11.1. The summed E-state index contributed by atoms with van der Waals surface area (Å²) in [4.78, 5) is 15.0. The maximum Gasteiger partial charge on any atom is 0.241 e. The Morgan fingerprint density at radius 3 is 2.78 bits per heavy atom. The van der Waals surface area contributed by atoms with Crippen LogP contribution in [0.4, 0.5) is 5.69 Å². The standard InChI is InChI=1S/C19H28N2O2/c1-13-6-4-7-14(2)18(13)20-19(22)15(3)21-10-9-17-16(12-21)8-5-11-23-17/h4,6-7,15-17H,5,8-12H2,1-3H3,(H,20,22)/t15-,16+,17-/m0/s1. The maximum absolute atomic E-state index is 12.7. The second-order valence-corrected chi connectivity index (χ2v) is 7.03. The monoisotopic (exact) mass is 316 g/mol. The van der Waals surface area contributed by atoms with Crippen molar-refractivity contribution in [2.45, 2.75) is 52.2 Å². The minimum absolute atomic E-state index is 0.0950. The molecule has 1 aromatic rings. The summed E-state index contributed by atoms with van der Waals surface area (Å²) in [6.07, 6.45) is 3.84. The molecule has 1 amide bonds. The Labute approximate surface area is 139 Å². The number of carbonyl (C=O) groups is 1. The molecule has 1 N–H and O–H groups in total. The van der Waals surface area contributed by atoms with E-state index >= 15 is 0 Å². The van der Waals surface area contributed by atoms with Gasteiger partial charge in [-0.05, 0) is 57.1 Å². The molecule has 2 heterocycles. The highest BCUT2D eigenvalue weighted by Crippen LogP contribution is 2.29. The number of nitrogens with zero attached hydrogens (tertiary/aromatic N) is 1. The van der Waals surface area contributed by atoms with E-state index in [9.17, 15) is 4.79 Å². The first-order valence-corrected chi connectivity index (χ1v) is 8.79. The molecule has 3 rings (SSSR count). The van der Waals surface area contributed by atoms with Crippen LogP contribution in [0.1, 0.15) is 37.3 Å². The number of rotatable bonds is 3. The summed E-state index contributed by atoms with van der Waals surface area (Å²) in [6, 6.07) is 6.00. The Morgan fingerprint density at radius 2 is 2.04 bits per heavy atom. The van der Waals surface area contributed by atoms with E-state index in [1.165, 1.54) is 6.42 Å². The van der Waals surface area contributed by atoms with E-state index in [0.29, 0.717) is 12.0 Å². The van der Waals surface area contributed by atoms with Gasteiger partial charge in [0.05, 0.1) is 12.1 Å². The molecule has 126 valence electrons. The average molecular weight is 316 g/mol. The molecule has 3 atom stereocenters. The fourth-order valence-electron chi connectivity index (χ4n) is 3.87. The molecule has 0 radical (unpaired) electrons. The number of amides is 1. The number of ether oxygens (including phenoxy) is 1. The molecule has 2 aliphatic heterocycles. The molecule has 0 bridgehead atoms. The molecule has 0 spiro atoms. The third-order valence-corrected chi connectivity index (χ3v) is 5.40. The molecule has 0 aromatic heterocycles. The Kier molecular flexibility index (Phi) is 5.02. The average Bonchev–Trinajstić information content (AvgIpc) is 2.57. The van der Waals surface area contributed by atoms with Crippen LogP contribution in [0.5, 0.6) is 0 Å². The van der Waals surface area contributed by atoms with Crippen LogP contribution in [0.2, 0.25) is 0 Å². The molecule has 0 saturated carbocycles. The summed E-state index contributed by atoms with van der Waals surface area (Å²) in [5, 5.41) is 3.14. The van der Waals surface area contributed by atoms with Crippen molar-refractivity contribution in [1.29, 1.82) is 0 Å². The third-order valence-electron chi connectivity index (χ3n) is 5.40. The van der Waals surface area contributed by atoms with Crippen molar-refractivity contribution in [2.75, 3.05) is 25.0 Å². The number of carbonyl (C=O) groups excluding carboxylic acids is 1. The summed E-state index contributed by atoms with van der Waals surface area (Å²) in [7, 11) is 0. The minimum Gasteiger partial charge on any atom is -0.378 e. The maximum atomic E-state index is 12.7. The zero-order valence-corrected chi connectivity index (χ0v) is 14.5. The molecule has 2 fully saturated rings. The number of hydrogen-bond acceptors (Lipinski definition) is 3. The third kappa shape index (κ3) is 3.59. The Bertz CT molecular complexity index is 552. The van der Waals surface area contributed by atoms with Crippen molar-refractivity contribution in [3.05, 3.63) is 29.3 Å². The van der Waals surface area contributed by atoms with Gasteiger partial charge in [0.15, 0.2) is 0 Å².